The van der Waals surface area contributed by atoms with Gasteiger partial charge in [0.05, 0.1) is 17.9 Å². The molecule has 7 heteroatoms. The lowest BCUT2D eigenvalue weighted by molar-refractivity contribution is 0.0663. The van der Waals surface area contributed by atoms with Gasteiger partial charge < -0.3 is 14.3 Å². The maximum atomic E-state index is 12.2. The molecule has 1 saturated heterocycles. The molecule has 120 valence electrons. The van der Waals surface area contributed by atoms with E-state index < -0.39 is 0 Å². The molecule has 0 saturated carbocycles. The molecule has 4 rings (SSSR count). The third-order valence-electron chi connectivity index (χ3n) is 4.76. The molecule has 0 aromatic carbocycles. The van der Waals surface area contributed by atoms with Gasteiger partial charge in [-0.2, -0.15) is 5.10 Å². The third-order valence-corrected chi connectivity index (χ3v) is 4.76. The molecule has 7 nitrogen and oxygen atoms in total. The Morgan fingerprint density at radius 1 is 1.30 bits per heavy atom. The minimum Gasteiger partial charge on any atom is -0.351 e. The molecule has 1 aliphatic heterocycles. The van der Waals surface area contributed by atoms with E-state index in [1.54, 1.807) is 18.0 Å². The van der Waals surface area contributed by atoms with Gasteiger partial charge in [0.15, 0.2) is 5.82 Å². The second kappa shape index (κ2) is 5.64. The molecule has 2 aromatic rings. The van der Waals surface area contributed by atoms with E-state index in [2.05, 4.69) is 26.3 Å². The predicted molar refractivity (Wildman–Crippen MR) is 83.3 cm³/mol. The fourth-order valence-corrected chi connectivity index (χ4v) is 3.19. The molecule has 0 atom stereocenters. The maximum absolute atomic E-state index is 12.2. The van der Waals surface area contributed by atoms with Gasteiger partial charge in [-0.3, -0.25) is 4.79 Å². The summed E-state index contributed by atoms with van der Waals surface area (Å²) in [6, 6.07) is 3.91. The zero-order valence-electron chi connectivity index (χ0n) is 13.1. The van der Waals surface area contributed by atoms with Crippen LogP contribution < -0.4 is 4.90 Å². The van der Waals surface area contributed by atoms with Gasteiger partial charge in [0.1, 0.15) is 0 Å². The van der Waals surface area contributed by atoms with E-state index in [1.165, 1.54) is 24.6 Å². The van der Waals surface area contributed by atoms with Crippen LogP contribution in [0.1, 0.15) is 34.7 Å². The van der Waals surface area contributed by atoms with E-state index in [9.17, 15) is 4.79 Å². The minimum atomic E-state index is -0.135. The Morgan fingerprint density at radius 2 is 2.13 bits per heavy atom. The van der Waals surface area contributed by atoms with Crippen molar-refractivity contribution in [2.45, 2.75) is 31.7 Å². The number of likely N-dealkylation sites (N-methyl/N-ethyl adjacent to an activating group) is 1. The molecule has 0 unspecified atom stereocenters. The molecule has 2 aromatic heterocycles. The largest absolute Gasteiger partial charge is 0.351 e. The highest BCUT2D eigenvalue weighted by atomic mass is 16.5. The van der Waals surface area contributed by atoms with Crippen molar-refractivity contribution in [2.24, 2.45) is 0 Å². The molecule has 0 spiro atoms. The molecule has 2 aliphatic rings. The molecule has 23 heavy (non-hydrogen) atoms. The van der Waals surface area contributed by atoms with Gasteiger partial charge >= 0.3 is 0 Å². The average Bonchev–Trinajstić information content (AvgIpc) is 3.07. The number of hydrogen-bond donors (Lipinski definition) is 0. The number of rotatable bonds is 3. The molecule has 1 fully saturated rings. The summed E-state index contributed by atoms with van der Waals surface area (Å²) < 4.78 is 4.93. The number of nitrogens with zero attached hydrogens (tertiary/aromatic N) is 5. The molecule has 0 bridgehead atoms. The molecular weight excluding hydrogens is 294 g/mol. The van der Waals surface area contributed by atoms with Crippen LogP contribution in [0.3, 0.4) is 0 Å². The van der Waals surface area contributed by atoms with Crippen LogP contribution in [-0.4, -0.2) is 52.3 Å². The third kappa shape index (κ3) is 2.56. The fourth-order valence-electron chi connectivity index (χ4n) is 3.19. The lowest BCUT2D eigenvalue weighted by Crippen LogP contribution is -2.60. The maximum Gasteiger partial charge on any atom is 0.292 e. The van der Waals surface area contributed by atoms with Crippen molar-refractivity contribution in [3.8, 4) is 0 Å². The average molecular weight is 313 g/mol. The van der Waals surface area contributed by atoms with Gasteiger partial charge in [-0.15, -0.1) is 5.10 Å². The summed E-state index contributed by atoms with van der Waals surface area (Å²) in [6.07, 6.45) is 6.06. The number of hydrogen-bond acceptors (Lipinski definition) is 6. The standard InChI is InChI=1S/C16H19N5O2/c1-20(16(22)14-6-7-17-23-14)12-9-21(10-12)15-8-11-4-2-3-5-13(11)18-19-15/h6-8,12H,2-5,9-10H2,1H3. The topological polar surface area (TPSA) is 75.4 Å². The Balaban J connectivity index is 1.40. The van der Waals surface area contributed by atoms with Gasteiger partial charge in [-0.05, 0) is 37.3 Å². The fraction of sp³-hybridized carbons (Fsp3) is 0.500. The van der Waals surface area contributed by atoms with Crippen molar-refractivity contribution >= 4 is 11.7 Å². The highest BCUT2D eigenvalue weighted by Gasteiger charge is 2.35. The van der Waals surface area contributed by atoms with E-state index in [1.807, 2.05) is 0 Å². The first-order valence-electron chi connectivity index (χ1n) is 8.00. The van der Waals surface area contributed by atoms with E-state index in [0.29, 0.717) is 0 Å². The normalized spacial score (nSPS) is 17.5. The zero-order chi connectivity index (χ0) is 15.8. The number of aromatic nitrogens is 3. The van der Waals surface area contributed by atoms with Crippen LogP contribution >= 0.6 is 0 Å². The van der Waals surface area contributed by atoms with Crippen molar-refractivity contribution in [2.75, 3.05) is 25.0 Å². The van der Waals surface area contributed by atoms with Crippen molar-refractivity contribution in [1.29, 1.82) is 0 Å². The van der Waals surface area contributed by atoms with Crippen LogP contribution in [0, 0.1) is 0 Å². The van der Waals surface area contributed by atoms with Crippen LogP contribution in [0.15, 0.2) is 22.9 Å². The first-order valence-corrected chi connectivity index (χ1v) is 8.00. The number of anilines is 1. The number of aryl methyl sites for hydroxylation is 2. The summed E-state index contributed by atoms with van der Waals surface area (Å²) >= 11 is 0. The second-order valence-corrected chi connectivity index (χ2v) is 6.23. The Hall–Kier alpha value is -2.44. The summed E-state index contributed by atoms with van der Waals surface area (Å²) in [5.74, 6) is 1.06. The SMILES string of the molecule is CN(C(=O)c1ccno1)C1CN(c2cc3c(nn2)CCCC3)C1. The van der Waals surface area contributed by atoms with E-state index in [-0.39, 0.29) is 17.7 Å². The highest BCUT2D eigenvalue weighted by Crippen LogP contribution is 2.26. The lowest BCUT2D eigenvalue weighted by Gasteiger charge is -2.44. The minimum absolute atomic E-state index is 0.135. The zero-order valence-corrected chi connectivity index (χ0v) is 13.1. The van der Waals surface area contributed by atoms with E-state index in [4.69, 9.17) is 4.52 Å². The van der Waals surface area contributed by atoms with Gasteiger partial charge in [-0.1, -0.05) is 5.16 Å². The molecule has 3 heterocycles. The van der Waals surface area contributed by atoms with Crippen LogP contribution in [0.5, 0.6) is 0 Å². The van der Waals surface area contributed by atoms with Crippen LogP contribution in [-0.2, 0) is 12.8 Å². The number of carbonyl (C=O) groups is 1. The van der Waals surface area contributed by atoms with Gasteiger partial charge in [0.2, 0.25) is 5.76 Å². The summed E-state index contributed by atoms with van der Waals surface area (Å²) in [5, 5.41) is 12.3. The Labute approximate surface area is 134 Å². The number of amides is 1. The van der Waals surface area contributed by atoms with Crippen molar-refractivity contribution < 1.29 is 9.32 Å². The molecular formula is C16H19N5O2. The molecule has 0 radical (unpaired) electrons. The Bertz CT molecular complexity index is 709. The van der Waals surface area contributed by atoms with Gasteiger partial charge in [-0.25, -0.2) is 0 Å². The van der Waals surface area contributed by atoms with Crippen molar-refractivity contribution in [1.82, 2.24) is 20.3 Å². The molecule has 1 aliphatic carbocycles. The Morgan fingerprint density at radius 3 is 2.91 bits per heavy atom. The van der Waals surface area contributed by atoms with E-state index in [0.717, 1.165) is 37.4 Å². The molecule has 0 N–H and O–H groups in total. The number of fused-ring (bicyclic) bond motifs is 1. The molecule has 1 amide bonds. The Kier molecular flexibility index (Phi) is 3.48. The van der Waals surface area contributed by atoms with Crippen molar-refractivity contribution in [3.05, 3.63) is 35.3 Å². The second-order valence-electron chi connectivity index (χ2n) is 6.23. The summed E-state index contributed by atoms with van der Waals surface area (Å²) in [4.78, 5) is 16.1. The lowest BCUT2D eigenvalue weighted by atomic mass is 9.96. The van der Waals surface area contributed by atoms with Crippen molar-refractivity contribution in [3.63, 3.8) is 0 Å². The van der Waals surface area contributed by atoms with Gasteiger partial charge in [0, 0.05) is 26.2 Å². The van der Waals surface area contributed by atoms with Crippen LogP contribution in [0.25, 0.3) is 0 Å². The van der Waals surface area contributed by atoms with E-state index >= 15 is 0 Å². The van der Waals surface area contributed by atoms with Crippen LogP contribution in [0.2, 0.25) is 0 Å². The number of carbonyl (C=O) groups excluding carboxylic acids is 1. The predicted octanol–water partition coefficient (Wildman–Crippen LogP) is 1.30. The van der Waals surface area contributed by atoms with Crippen LogP contribution in [0.4, 0.5) is 5.82 Å². The first-order chi connectivity index (χ1) is 11.2. The smallest absolute Gasteiger partial charge is 0.292 e. The van der Waals surface area contributed by atoms with Gasteiger partial charge in [0.25, 0.3) is 5.91 Å². The quantitative estimate of drug-likeness (QED) is 0.850. The summed E-state index contributed by atoms with van der Waals surface area (Å²) in [6.45, 7) is 1.54. The summed E-state index contributed by atoms with van der Waals surface area (Å²) in [5.41, 5.74) is 2.48. The highest BCUT2D eigenvalue weighted by molar-refractivity contribution is 5.91. The summed E-state index contributed by atoms with van der Waals surface area (Å²) in [7, 11) is 1.80. The monoisotopic (exact) mass is 313 g/mol. The first kappa shape index (κ1) is 14.2.